The van der Waals surface area contributed by atoms with E-state index in [2.05, 4.69) is 12.2 Å². The molecule has 0 aromatic carbocycles. The van der Waals surface area contributed by atoms with Crippen LogP contribution in [0.2, 0.25) is 0 Å². The number of hydrogen-bond donors (Lipinski definition) is 1. The molecule has 1 heterocycles. The third kappa shape index (κ3) is 1.86. The van der Waals surface area contributed by atoms with Crippen molar-refractivity contribution in [2.24, 2.45) is 5.41 Å². The molecule has 1 unspecified atom stereocenters. The van der Waals surface area contributed by atoms with E-state index in [-0.39, 0.29) is 11.6 Å². The van der Waals surface area contributed by atoms with Crippen LogP contribution in [0.4, 0.5) is 8.78 Å². The van der Waals surface area contributed by atoms with Gasteiger partial charge in [0.15, 0.2) is 0 Å². The molecule has 1 spiro atoms. The molecule has 0 amide bonds. The lowest BCUT2D eigenvalue weighted by Gasteiger charge is -2.59. The number of alkyl halides is 2. The highest BCUT2D eigenvalue weighted by Gasteiger charge is 2.59. The van der Waals surface area contributed by atoms with Crippen LogP contribution in [0.5, 0.6) is 0 Å². The van der Waals surface area contributed by atoms with Gasteiger partial charge in [0, 0.05) is 18.0 Å². The Balaban J connectivity index is 2.02. The number of rotatable bonds is 4. The Morgan fingerprint density at radius 3 is 2.56 bits per heavy atom. The van der Waals surface area contributed by atoms with Crippen molar-refractivity contribution in [3.8, 4) is 0 Å². The van der Waals surface area contributed by atoms with Crippen LogP contribution in [0.25, 0.3) is 0 Å². The van der Waals surface area contributed by atoms with E-state index in [0.717, 1.165) is 19.4 Å². The fourth-order valence-corrected chi connectivity index (χ4v) is 3.22. The fraction of sp³-hybridized carbons (Fsp3) is 1.00. The summed E-state index contributed by atoms with van der Waals surface area (Å²) in [4.78, 5) is 0. The van der Waals surface area contributed by atoms with Crippen LogP contribution in [0.15, 0.2) is 0 Å². The van der Waals surface area contributed by atoms with Gasteiger partial charge in [0.2, 0.25) is 0 Å². The highest BCUT2D eigenvalue weighted by atomic mass is 19.1. The van der Waals surface area contributed by atoms with E-state index in [9.17, 15) is 8.78 Å². The molecule has 1 N–H and O–H groups in total. The van der Waals surface area contributed by atoms with Gasteiger partial charge in [-0.25, -0.2) is 0 Å². The van der Waals surface area contributed by atoms with E-state index in [1.165, 1.54) is 0 Å². The van der Waals surface area contributed by atoms with Crippen molar-refractivity contribution in [3.63, 3.8) is 0 Å². The van der Waals surface area contributed by atoms with E-state index in [1.54, 1.807) is 0 Å². The van der Waals surface area contributed by atoms with Gasteiger partial charge in [-0.05, 0) is 19.3 Å². The molecule has 1 atom stereocenters. The Labute approximate surface area is 95.7 Å². The SMILES string of the molecule is CCCC1NCCOC12CC(CF)(CF)C2. The van der Waals surface area contributed by atoms with Crippen molar-refractivity contribution < 1.29 is 13.5 Å². The lowest BCUT2D eigenvalue weighted by Crippen LogP contribution is -2.68. The Hall–Kier alpha value is -0.220. The van der Waals surface area contributed by atoms with Crippen molar-refractivity contribution in [1.82, 2.24) is 5.32 Å². The van der Waals surface area contributed by atoms with Crippen LogP contribution in [0, 0.1) is 5.41 Å². The highest BCUT2D eigenvalue weighted by molar-refractivity contribution is 5.11. The molecule has 0 aromatic rings. The first kappa shape index (κ1) is 12.2. The fourth-order valence-electron chi connectivity index (χ4n) is 3.22. The van der Waals surface area contributed by atoms with Crippen molar-refractivity contribution in [1.29, 1.82) is 0 Å². The summed E-state index contributed by atoms with van der Waals surface area (Å²) in [7, 11) is 0. The van der Waals surface area contributed by atoms with Crippen molar-refractivity contribution >= 4 is 0 Å². The van der Waals surface area contributed by atoms with Gasteiger partial charge in [-0.1, -0.05) is 13.3 Å². The number of ether oxygens (including phenoxy) is 1. The monoisotopic (exact) mass is 233 g/mol. The lowest BCUT2D eigenvalue weighted by molar-refractivity contribution is -0.212. The third-order valence-corrected chi connectivity index (χ3v) is 4.01. The maximum absolute atomic E-state index is 12.8. The van der Waals surface area contributed by atoms with Crippen LogP contribution in [0.1, 0.15) is 32.6 Å². The smallest absolute Gasteiger partial charge is 0.0977 e. The van der Waals surface area contributed by atoms with Gasteiger partial charge in [-0.3, -0.25) is 8.78 Å². The predicted octanol–water partition coefficient (Wildman–Crippen LogP) is 2.23. The van der Waals surface area contributed by atoms with E-state index in [1.807, 2.05) is 0 Å². The van der Waals surface area contributed by atoms with Crippen molar-refractivity contribution in [3.05, 3.63) is 0 Å². The Kier molecular flexibility index (Phi) is 3.50. The summed E-state index contributed by atoms with van der Waals surface area (Å²) >= 11 is 0. The molecule has 2 rings (SSSR count). The molecule has 1 aliphatic heterocycles. The van der Waals surface area contributed by atoms with Gasteiger partial charge in [0.05, 0.1) is 25.6 Å². The molecular weight excluding hydrogens is 212 g/mol. The molecule has 16 heavy (non-hydrogen) atoms. The number of hydrogen-bond acceptors (Lipinski definition) is 2. The molecule has 2 fully saturated rings. The first-order chi connectivity index (χ1) is 7.70. The van der Waals surface area contributed by atoms with Crippen LogP contribution in [-0.2, 0) is 4.74 Å². The van der Waals surface area contributed by atoms with Gasteiger partial charge in [-0.2, -0.15) is 0 Å². The summed E-state index contributed by atoms with van der Waals surface area (Å²) in [6.45, 7) is 2.51. The minimum atomic E-state index is -0.745. The molecule has 94 valence electrons. The molecule has 2 nitrogen and oxygen atoms in total. The molecule has 0 radical (unpaired) electrons. The highest BCUT2D eigenvalue weighted by Crippen LogP contribution is 2.54. The zero-order valence-corrected chi connectivity index (χ0v) is 9.90. The molecule has 2 aliphatic rings. The number of morpholine rings is 1. The molecule has 4 heteroatoms. The van der Waals surface area contributed by atoms with Gasteiger partial charge in [0.25, 0.3) is 0 Å². The number of nitrogens with one attached hydrogen (secondary N) is 1. The summed E-state index contributed by atoms with van der Waals surface area (Å²) < 4.78 is 31.5. The summed E-state index contributed by atoms with van der Waals surface area (Å²) in [5.41, 5.74) is -1.03. The summed E-state index contributed by atoms with van der Waals surface area (Å²) in [6, 6.07) is 0.275. The topological polar surface area (TPSA) is 21.3 Å². The van der Waals surface area contributed by atoms with Gasteiger partial charge in [-0.15, -0.1) is 0 Å². The van der Waals surface area contributed by atoms with E-state index in [4.69, 9.17) is 4.74 Å². The summed E-state index contributed by atoms with van der Waals surface area (Å²) in [5.74, 6) is 0. The summed E-state index contributed by atoms with van der Waals surface area (Å²) in [5, 5.41) is 3.43. The number of halogens is 2. The minimum absolute atomic E-state index is 0.275. The first-order valence-electron chi connectivity index (χ1n) is 6.19. The molecule has 0 bridgehead atoms. The van der Waals surface area contributed by atoms with Crippen molar-refractivity contribution in [2.75, 3.05) is 26.5 Å². The molecular formula is C12H21F2NO. The maximum Gasteiger partial charge on any atom is 0.0977 e. The van der Waals surface area contributed by atoms with E-state index in [0.29, 0.717) is 19.4 Å². The standard InChI is InChI=1S/C12H21F2NO/c1-2-3-10-12(16-5-4-15-10)6-11(7-12,8-13)9-14/h10,15H,2-9H2,1H3. The second kappa shape index (κ2) is 4.57. The molecule has 1 saturated heterocycles. The molecule has 0 aromatic heterocycles. The zero-order valence-electron chi connectivity index (χ0n) is 9.90. The minimum Gasteiger partial charge on any atom is -0.372 e. The first-order valence-corrected chi connectivity index (χ1v) is 6.19. The van der Waals surface area contributed by atoms with Crippen LogP contribution < -0.4 is 5.32 Å². The van der Waals surface area contributed by atoms with E-state index >= 15 is 0 Å². The quantitative estimate of drug-likeness (QED) is 0.804. The van der Waals surface area contributed by atoms with Gasteiger partial charge < -0.3 is 10.1 Å². The van der Waals surface area contributed by atoms with Crippen LogP contribution in [0.3, 0.4) is 0 Å². The molecule has 1 saturated carbocycles. The Bertz CT molecular complexity index is 233. The normalized spacial score (nSPS) is 31.3. The van der Waals surface area contributed by atoms with Crippen molar-refractivity contribution in [2.45, 2.75) is 44.2 Å². The largest absolute Gasteiger partial charge is 0.372 e. The van der Waals surface area contributed by atoms with Crippen LogP contribution >= 0.6 is 0 Å². The second-order valence-electron chi connectivity index (χ2n) is 5.33. The van der Waals surface area contributed by atoms with Crippen LogP contribution in [-0.4, -0.2) is 38.1 Å². The Morgan fingerprint density at radius 1 is 1.31 bits per heavy atom. The molecule has 1 aliphatic carbocycles. The second-order valence-corrected chi connectivity index (χ2v) is 5.33. The lowest BCUT2D eigenvalue weighted by atomic mass is 9.56. The average Bonchev–Trinajstić information content (AvgIpc) is 2.27. The predicted molar refractivity (Wildman–Crippen MR) is 59.0 cm³/mol. The zero-order chi connectivity index (χ0) is 11.6. The Morgan fingerprint density at radius 2 is 2.00 bits per heavy atom. The summed E-state index contributed by atoms with van der Waals surface area (Å²) in [6.07, 6.45) is 3.16. The third-order valence-electron chi connectivity index (χ3n) is 4.01. The van der Waals surface area contributed by atoms with Gasteiger partial charge in [0.1, 0.15) is 0 Å². The maximum atomic E-state index is 12.8. The van der Waals surface area contributed by atoms with Gasteiger partial charge >= 0.3 is 0 Å². The van der Waals surface area contributed by atoms with E-state index < -0.39 is 18.8 Å². The average molecular weight is 233 g/mol.